The second kappa shape index (κ2) is 6.71. The van der Waals surface area contributed by atoms with Crippen LogP contribution in [0.3, 0.4) is 0 Å². The number of benzene rings is 2. The Bertz CT molecular complexity index is 841. The maximum atomic E-state index is 12.5. The Morgan fingerprint density at radius 3 is 2.40 bits per heavy atom. The van der Waals surface area contributed by atoms with Gasteiger partial charge in [0.25, 0.3) is 0 Å². The van der Waals surface area contributed by atoms with E-state index in [0.29, 0.717) is 12.3 Å². The Hall–Kier alpha value is -2.62. The van der Waals surface area contributed by atoms with Gasteiger partial charge in [0.2, 0.25) is 5.91 Å². The zero-order valence-electron chi connectivity index (χ0n) is 15.1. The van der Waals surface area contributed by atoms with E-state index >= 15 is 0 Å². The zero-order chi connectivity index (χ0) is 18.1. The van der Waals surface area contributed by atoms with Crippen molar-refractivity contribution in [3.63, 3.8) is 0 Å². The topological polar surface area (TPSA) is 46.6 Å². The van der Waals surface area contributed by atoms with Crippen molar-refractivity contribution < 1.29 is 14.3 Å². The lowest BCUT2D eigenvalue weighted by molar-refractivity contribution is -0.139. The molecule has 1 heterocycles. The first-order valence-electron chi connectivity index (χ1n) is 8.51. The molecule has 4 nitrogen and oxygen atoms in total. The van der Waals surface area contributed by atoms with Gasteiger partial charge < -0.3 is 9.64 Å². The van der Waals surface area contributed by atoms with E-state index in [1.807, 2.05) is 64.1 Å². The minimum absolute atomic E-state index is 0.0325. The van der Waals surface area contributed by atoms with Crippen molar-refractivity contribution in [1.82, 2.24) is 0 Å². The van der Waals surface area contributed by atoms with Crippen LogP contribution >= 0.6 is 0 Å². The van der Waals surface area contributed by atoms with Gasteiger partial charge in [-0.2, -0.15) is 0 Å². The van der Waals surface area contributed by atoms with Gasteiger partial charge in [-0.3, -0.25) is 9.59 Å². The summed E-state index contributed by atoms with van der Waals surface area (Å²) in [4.78, 5) is 26.7. The predicted octanol–water partition coefficient (Wildman–Crippen LogP) is 3.88. The molecule has 2 aromatic carbocycles. The van der Waals surface area contributed by atoms with E-state index in [2.05, 4.69) is 0 Å². The van der Waals surface area contributed by atoms with Gasteiger partial charge in [0, 0.05) is 18.7 Å². The molecule has 4 heteroatoms. The van der Waals surface area contributed by atoms with Crippen LogP contribution in [-0.2, 0) is 9.59 Å². The summed E-state index contributed by atoms with van der Waals surface area (Å²) in [7, 11) is 0. The third-order valence-electron chi connectivity index (χ3n) is 4.66. The lowest BCUT2D eigenvalue weighted by atomic mass is 10.1. The highest BCUT2D eigenvalue weighted by Crippen LogP contribution is 2.30. The molecule has 0 aliphatic carbocycles. The van der Waals surface area contributed by atoms with Crippen molar-refractivity contribution in [2.75, 3.05) is 11.4 Å². The monoisotopic (exact) mass is 337 g/mol. The van der Waals surface area contributed by atoms with E-state index in [0.717, 1.165) is 27.9 Å². The first-order valence-corrected chi connectivity index (χ1v) is 8.51. The molecule has 1 atom stereocenters. The fraction of sp³-hybridized carbons (Fsp3) is 0.333. The van der Waals surface area contributed by atoms with E-state index in [9.17, 15) is 9.59 Å². The average Bonchev–Trinajstić information content (AvgIpc) is 2.93. The number of aryl methyl sites for hydroxylation is 4. The number of anilines is 1. The highest BCUT2D eigenvalue weighted by atomic mass is 16.5. The van der Waals surface area contributed by atoms with Gasteiger partial charge in [-0.25, -0.2) is 0 Å². The first kappa shape index (κ1) is 17.2. The molecule has 0 radical (unpaired) electrons. The molecular formula is C21H23NO3. The van der Waals surface area contributed by atoms with E-state index < -0.39 is 5.92 Å². The van der Waals surface area contributed by atoms with Gasteiger partial charge in [0.05, 0.1) is 5.92 Å². The smallest absolute Gasteiger partial charge is 0.316 e. The normalized spacial score (nSPS) is 17.0. The number of carbonyl (C=O) groups is 2. The Labute approximate surface area is 148 Å². The summed E-state index contributed by atoms with van der Waals surface area (Å²) in [6, 6.07) is 11.7. The summed E-state index contributed by atoms with van der Waals surface area (Å²) >= 11 is 0. The van der Waals surface area contributed by atoms with Crippen LogP contribution in [0.2, 0.25) is 0 Å². The Balaban J connectivity index is 1.75. The number of esters is 1. The fourth-order valence-corrected chi connectivity index (χ4v) is 3.22. The van der Waals surface area contributed by atoms with Crippen LogP contribution in [0.25, 0.3) is 0 Å². The molecule has 2 aromatic rings. The summed E-state index contributed by atoms with van der Waals surface area (Å²) in [6.45, 7) is 8.23. The molecule has 0 unspecified atom stereocenters. The minimum Gasteiger partial charge on any atom is -0.426 e. The number of rotatable bonds is 3. The lowest BCUT2D eigenvalue weighted by Gasteiger charge is -2.19. The van der Waals surface area contributed by atoms with E-state index in [-0.39, 0.29) is 18.3 Å². The van der Waals surface area contributed by atoms with Gasteiger partial charge >= 0.3 is 5.97 Å². The van der Waals surface area contributed by atoms with Crippen molar-refractivity contribution in [2.45, 2.75) is 34.1 Å². The van der Waals surface area contributed by atoms with Gasteiger partial charge in [-0.05, 0) is 56.5 Å². The third-order valence-corrected chi connectivity index (χ3v) is 4.66. The maximum Gasteiger partial charge on any atom is 0.316 e. The standard InChI is InChI=1S/C21H23NO3/c1-13-6-8-18(16(4)9-13)22-12-17(11-20(22)23)21(24)25-19-10-14(2)5-7-15(19)3/h5-10,17H,11-12H2,1-4H3/t17-/m0/s1. The number of nitrogens with zero attached hydrogens (tertiary/aromatic N) is 1. The Kier molecular flexibility index (Phi) is 4.62. The summed E-state index contributed by atoms with van der Waals surface area (Å²) in [5.41, 5.74) is 5.01. The molecule has 0 bridgehead atoms. The summed E-state index contributed by atoms with van der Waals surface area (Å²) in [5.74, 6) is -0.236. The molecule has 0 aromatic heterocycles. The van der Waals surface area contributed by atoms with Gasteiger partial charge in [0.1, 0.15) is 5.75 Å². The van der Waals surface area contributed by atoms with Crippen LogP contribution in [0.15, 0.2) is 36.4 Å². The molecule has 0 spiro atoms. The molecule has 1 aliphatic heterocycles. The van der Waals surface area contributed by atoms with Crippen molar-refractivity contribution >= 4 is 17.6 Å². The minimum atomic E-state index is -0.437. The fourth-order valence-electron chi connectivity index (χ4n) is 3.22. The Morgan fingerprint density at radius 2 is 1.68 bits per heavy atom. The molecule has 1 saturated heterocycles. The number of carbonyl (C=O) groups excluding carboxylic acids is 2. The maximum absolute atomic E-state index is 12.5. The second-order valence-corrected chi connectivity index (χ2v) is 6.89. The van der Waals surface area contributed by atoms with Gasteiger partial charge in [0.15, 0.2) is 0 Å². The quantitative estimate of drug-likeness (QED) is 0.631. The van der Waals surface area contributed by atoms with Crippen LogP contribution in [0.5, 0.6) is 5.75 Å². The van der Waals surface area contributed by atoms with Crippen molar-refractivity contribution in [3.05, 3.63) is 58.7 Å². The van der Waals surface area contributed by atoms with Crippen LogP contribution in [0, 0.1) is 33.6 Å². The number of hydrogen-bond donors (Lipinski definition) is 0. The molecule has 1 fully saturated rings. The molecule has 1 amide bonds. The third kappa shape index (κ3) is 3.58. The summed E-state index contributed by atoms with van der Waals surface area (Å²) in [5, 5.41) is 0. The second-order valence-electron chi connectivity index (χ2n) is 6.89. The number of hydrogen-bond acceptors (Lipinski definition) is 3. The van der Waals surface area contributed by atoms with Crippen molar-refractivity contribution in [2.24, 2.45) is 5.92 Å². The zero-order valence-corrected chi connectivity index (χ0v) is 15.1. The van der Waals surface area contributed by atoms with Crippen LogP contribution < -0.4 is 9.64 Å². The molecule has 25 heavy (non-hydrogen) atoms. The number of ether oxygens (including phenoxy) is 1. The molecular weight excluding hydrogens is 314 g/mol. The van der Waals surface area contributed by atoms with Crippen LogP contribution in [0.4, 0.5) is 5.69 Å². The van der Waals surface area contributed by atoms with E-state index in [4.69, 9.17) is 4.74 Å². The molecule has 0 N–H and O–H groups in total. The Morgan fingerprint density at radius 1 is 1.00 bits per heavy atom. The number of amides is 1. The van der Waals surface area contributed by atoms with Gasteiger partial charge in [-0.1, -0.05) is 29.8 Å². The van der Waals surface area contributed by atoms with Crippen LogP contribution in [-0.4, -0.2) is 18.4 Å². The molecule has 130 valence electrons. The predicted molar refractivity (Wildman–Crippen MR) is 97.9 cm³/mol. The average molecular weight is 337 g/mol. The SMILES string of the molecule is Cc1ccc(N2C[C@@H](C(=O)Oc3cc(C)ccc3C)CC2=O)c(C)c1. The molecule has 3 rings (SSSR count). The summed E-state index contributed by atoms with van der Waals surface area (Å²) < 4.78 is 5.57. The van der Waals surface area contributed by atoms with Crippen molar-refractivity contribution in [3.8, 4) is 5.75 Å². The molecule has 0 saturated carbocycles. The lowest BCUT2D eigenvalue weighted by Crippen LogP contribution is -2.28. The first-order chi connectivity index (χ1) is 11.8. The van der Waals surface area contributed by atoms with Gasteiger partial charge in [-0.15, -0.1) is 0 Å². The highest BCUT2D eigenvalue weighted by molar-refractivity contribution is 6.00. The summed E-state index contributed by atoms with van der Waals surface area (Å²) in [6.07, 6.45) is 0.191. The van der Waals surface area contributed by atoms with Crippen molar-refractivity contribution in [1.29, 1.82) is 0 Å². The van der Waals surface area contributed by atoms with E-state index in [1.54, 1.807) is 4.90 Å². The van der Waals surface area contributed by atoms with Crippen LogP contribution in [0.1, 0.15) is 28.7 Å². The largest absolute Gasteiger partial charge is 0.426 e. The highest BCUT2D eigenvalue weighted by Gasteiger charge is 2.37. The van der Waals surface area contributed by atoms with E-state index in [1.165, 1.54) is 0 Å². The molecule has 1 aliphatic rings.